The molecule has 1 unspecified atom stereocenters. The Bertz CT molecular complexity index is 400. The molecule has 3 heteroatoms. The maximum absolute atomic E-state index is 13.5. The molecule has 19 heavy (non-hydrogen) atoms. The Hall–Kier alpha value is -0.600. The molecule has 2 rings (SSSR count). The van der Waals surface area contributed by atoms with Crippen molar-refractivity contribution in [2.45, 2.75) is 51.0 Å². The van der Waals surface area contributed by atoms with E-state index < -0.39 is 0 Å². The lowest BCUT2D eigenvalue weighted by atomic mass is 9.88. The van der Waals surface area contributed by atoms with Gasteiger partial charge in [-0.15, -0.1) is 0 Å². The average Bonchev–Trinajstić information content (AvgIpc) is 2.69. The van der Waals surface area contributed by atoms with Crippen molar-refractivity contribution in [2.24, 2.45) is 5.92 Å². The van der Waals surface area contributed by atoms with Gasteiger partial charge < -0.3 is 5.32 Å². The van der Waals surface area contributed by atoms with E-state index in [2.05, 4.69) is 5.32 Å². The highest BCUT2D eigenvalue weighted by Crippen LogP contribution is 2.27. The van der Waals surface area contributed by atoms with Crippen LogP contribution in [0.15, 0.2) is 18.2 Å². The van der Waals surface area contributed by atoms with Gasteiger partial charge in [-0.25, -0.2) is 4.39 Å². The van der Waals surface area contributed by atoms with Crippen LogP contribution < -0.4 is 5.32 Å². The van der Waals surface area contributed by atoms with Crippen LogP contribution in [0.4, 0.5) is 4.39 Å². The topological polar surface area (TPSA) is 12.0 Å². The second kappa shape index (κ2) is 7.25. The van der Waals surface area contributed by atoms with E-state index in [0.29, 0.717) is 12.0 Å². The fourth-order valence-electron chi connectivity index (χ4n) is 3.14. The van der Waals surface area contributed by atoms with Gasteiger partial charge in [-0.3, -0.25) is 0 Å². The van der Waals surface area contributed by atoms with Gasteiger partial charge in [0.15, 0.2) is 0 Å². The minimum absolute atomic E-state index is 0.208. The Morgan fingerprint density at radius 3 is 2.53 bits per heavy atom. The van der Waals surface area contributed by atoms with Gasteiger partial charge in [0.05, 0.1) is 5.02 Å². The van der Waals surface area contributed by atoms with Crippen molar-refractivity contribution in [3.8, 4) is 0 Å². The van der Waals surface area contributed by atoms with Crippen molar-refractivity contribution >= 4 is 11.6 Å². The molecule has 1 nitrogen and oxygen atoms in total. The Morgan fingerprint density at radius 2 is 1.95 bits per heavy atom. The second-order valence-corrected chi connectivity index (χ2v) is 6.01. The molecule has 0 bridgehead atoms. The summed E-state index contributed by atoms with van der Waals surface area (Å²) in [6.07, 6.45) is 8.86. The van der Waals surface area contributed by atoms with Crippen molar-refractivity contribution in [1.29, 1.82) is 0 Å². The van der Waals surface area contributed by atoms with Crippen LogP contribution in [0.2, 0.25) is 5.02 Å². The lowest BCUT2D eigenvalue weighted by Gasteiger charge is -2.26. The van der Waals surface area contributed by atoms with Gasteiger partial charge in [-0.1, -0.05) is 43.4 Å². The molecule has 0 spiro atoms. The predicted octanol–water partition coefficient (Wildman–Crippen LogP) is 4.58. The molecule has 1 N–H and O–H groups in total. The predicted molar refractivity (Wildman–Crippen MR) is 79.2 cm³/mol. The van der Waals surface area contributed by atoms with Crippen LogP contribution in [0.3, 0.4) is 0 Å². The normalized spacial score (nSPS) is 19.1. The summed E-state index contributed by atoms with van der Waals surface area (Å²) in [4.78, 5) is 0. The third kappa shape index (κ3) is 4.19. The highest BCUT2D eigenvalue weighted by atomic mass is 35.5. The molecule has 1 aromatic rings. The Balaban J connectivity index is 2.02. The van der Waals surface area contributed by atoms with E-state index in [9.17, 15) is 4.39 Å². The van der Waals surface area contributed by atoms with Crippen LogP contribution in [-0.4, -0.2) is 13.1 Å². The van der Waals surface area contributed by atoms with Crippen molar-refractivity contribution in [3.05, 3.63) is 34.6 Å². The van der Waals surface area contributed by atoms with Crippen molar-refractivity contribution in [2.75, 3.05) is 7.05 Å². The van der Waals surface area contributed by atoms with E-state index in [4.69, 9.17) is 11.6 Å². The summed E-state index contributed by atoms with van der Waals surface area (Å²) in [5.74, 6) is 0.404. The zero-order valence-electron chi connectivity index (χ0n) is 11.6. The zero-order valence-corrected chi connectivity index (χ0v) is 12.3. The Morgan fingerprint density at radius 1 is 1.26 bits per heavy atom. The third-order valence-corrected chi connectivity index (χ3v) is 4.59. The number of benzene rings is 1. The Labute approximate surface area is 120 Å². The molecule has 106 valence electrons. The number of hydrogen-bond donors (Lipinski definition) is 1. The highest BCUT2D eigenvalue weighted by molar-refractivity contribution is 6.30. The van der Waals surface area contributed by atoms with Crippen LogP contribution in [0, 0.1) is 11.7 Å². The minimum atomic E-state index is -0.310. The SMILES string of the molecule is CNC(Cc1ccc(Cl)c(F)c1)C1CCCCCC1. The molecule has 0 aromatic heterocycles. The van der Waals surface area contributed by atoms with Crippen molar-refractivity contribution in [3.63, 3.8) is 0 Å². The first-order valence-electron chi connectivity index (χ1n) is 7.32. The molecule has 1 fully saturated rings. The molecule has 0 aliphatic heterocycles. The van der Waals surface area contributed by atoms with Crippen LogP contribution in [0.1, 0.15) is 44.1 Å². The fourth-order valence-corrected chi connectivity index (χ4v) is 3.26. The summed E-state index contributed by atoms with van der Waals surface area (Å²) in [7, 11) is 2.02. The molecule has 1 atom stereocenters. The molecule has 0 radical (unpaired) electrons. The monoisotopic (exact) mass is 283 g/mol. The number of nitrogens with one attached hydrogen (secondary N) is 1. The van der Waals surface area contributed by atoms with Gasteiger partial charge in [0, 0.05) is 6.04 Å². The van der Waals surface area contributed by atoms with Gasteiger partial charge in [0.25, 0.3) is 0 Å². The van der Waals surface area contributed by atoms with E-state index in [-0.39, 0.29) is 10.8 Å². The second-order valence-electron chi connectivity index (χ2n) is 5.60. The first-order chi connectivity index (χ1) is 9.20. The van der Waals surface area contributed by atoms with Gasteiger partial charge in [0.2, 0.25) is 0 Å². The summed E-state index contributed by atoms with van der Waals surface area (Å²) in [5.41, 5.74) is 1.03. The lowest BCUT2D eigenvalue weighted by Crippen LogP contribution is -2.35. The van der Waals surface area contributed by atoms with Crippen molar-refractivity contribution < 1.29 is 4.39 Å². The molecule has 1 saturated carbocycles. The maximum atomic E-state index is 13.5. The Kier molecular flexibility index (Phi) is 5.65. The molecule has 1 aromatic carbocycles. The maximum Gasteiger partial charge on any atom is 0.142 e. The van der Waals surface area contributed by atoms with Crippen LogP contribution >= 0.6 is 11.6 Å². The number of likely N-dealkylation sites (N-methyl/N-ethyl adjacent to an activating group) is 1. The zero-order chi connectivity index (χ0) is 13.7. The van der Waals surface area contributed by atoms with Gasteiger partial charge >= 0.3 is 0 Å². The summed E-state index contributed by atoms with van der Waals surface area (Å²) < 4.78 is 13.5. The molecule has 1 aliphatic rings. The van der Waals surface area contributed by atoms with Gasteiger partial charge in [0.1, 0.15) is 5.82 Å². The molecule has 0 saturated heterocycles. The van der Waals surface area contributed by atoms with E-state index in [1.54, 1.807) is 12.1 Å². The van der Waals surface area contributed by atoms with E-state index >= 15 is 0 Å². The summed E-state index contributed by atoms with van der Waals surface area (Å²) in [6.45, 7) is 0. The number of hydrogen-bond acceptors (Lipinski definition) is 1. The van der Waals surface area contributed by atoms with Crippen LogP contribution in [0.25, 0.3) is 0 Å². The molecule has 0 amide bonds. The van der Waals surface area contributed by atoms with E-state index in [1.807, 2.05) is 13.1 Å². The fraction of sp³-hybridized carbons (Fsp3) is 0.625. The minimum Gasteiger partial charge on any atom is -0.316 e. The quantitative estimate of drug-likeness (QED) is 0.798. The molecular weight excluding hydrogens is 261 g/mol. The summed E-state index contributed by atoms with van der Waals surface area (Å²) in [5, 5.41) is 3.63. The van der Waals surface area contributed by atoms with E-state index in [0.717, 1.165) is 12.0 Å². The molecule has 0 heterocycles. The van der Waals surface area contributed by atoms with Gasteiger partial charge in [-0.2, -0.15) is 0 Å². The molecule has 1 aliphatic carbocycles. The first-order valence-corrected chi connectivity index (χ1v) is 7.69. The lowest BCUT2D eigenvalue weighted by molar-refractivity contribution is 0.332. The smallest absolute Gasteiger partial charge is 0.142 e. The summed E-state index contributed by atoms with van der Waals surface area (Å²) in [6, 6.07) is 5.61. The van der Waals surface area contributed by atoms with Crippen LogP contribution in [-0.2, 0) is 6.42 Å². The number of rotatable bonds is 4. The standard InChI is InChI=1S/C16H23ClFN/c1-19-16(13-6-4-2-3-5-7-13)11-12-8-9-14(17)15(18)10-12/h8-10,13,16,19H,2-7,11H2,1H3. The first kappa shape index (κ1) is 14.8. The largest absolute Gasteiger partial charge is 0.316 e. The number of halogens is 2. The van der Waals surface area contributed by atoms with Crippen LogP contribution in [0.5, 0.6) is 0 Å². The van der Waals surface area contributed by atoms with Gasteiger partial charge in [-0.05, 0) is 49.9 Å². The molecular formula is C16H23ClFN. The van der Waals surface area contributed by atoms with Crippen molar-refractivity contribution in [1.82, 2.24) is 5.32 Å². The highest BCUT2D eigenvalue weighted by Gasteiger charge is 2.21. The van der Waals surface area contributed by atoms with E-state index in [1.165, 1.54) is 38.5 Å². The summed E-state index contributed by atoms with van der Waals surface area (Å²) >= 11 is 5.73. The average molecular weight is 284 g/mol. The third-order valence-electron chi connectivity index (χ3n) is 4.28.